The van der Waals surface area contributed by atoms with Gasteiger partial charge in [-0.1, -0.05) is 266 Å². The van der Waals surface area contributed by atoms with Crippen molar-refractivity contribution in [1.82, 2.24) is 0 Å². The Bertz CT molecular complexity index is 1590. The Kier molecular flexibility index (Phi) is 56.7. The third kappa shape index (κ3) is 62.4. The van der Waals surface area contributed by atoms with Gasteiger partial charge in [0.25, 0.3) is 0 Å². The number of nitrogens with zero attached hydrogens (tertiary/aromatic N) is 1. The minimum atomic E-state index is -4.40. The molecule has 10 heteroatoms. The normalized spacial score (nSPS) is 13.8. The summed E-state index contributed by atoms with van der Waals surface area (Å²) in [4.78, 5) is 35.8. The highest BCUT2D eigenvalue weighted by Crippen LogP contribution is 2.43. The van der Waals surface area contributed by atoms with E-state index in [2.05, 4.69) is 98.9 Å². The molecule has 0 heterocycles. The molecule has 0 radical (unpaired) electrons. The Labute approximate surface area is 481 Å². The van der Waals surface area contributed by atoms with E-state index >= 15 is 0 Å². The summed E-state index contributed by atoms with van der Waals surface area (Å²) in [6, 6.07) is 0. The van der Waals surface area contributed by atoms with Crippen molar-refractivity contribution >= 4 is 19.8 Å². The van der Waals surface area contributed by atoms with Crippen LogP contribution < -0.4 is 0 Å². The summed E-state index contributed by atoms with van der Waals surface area (Å²) in [5, 5.41) is 0. The number of phosphoric acid groups is 1. The smallest absolute Gasteiger partial charge is 0.462 e. The molecule has 0 spiro atoms. The molecule has 0 saturated heterocycles. The van der Waals surface area contributed by atoms with Crippen molar-refractivity contribution in [3.8, 4) is 0 Å². The van der Waals surface area contributed by atoms with Crippen LogP contribution in [-0.4, -0.2) is 74.9 Å². The average molecular weight is 1110 g/mol. The molecule has 0 aromatic rings. The first-order chi connectivity index (χ1) is 38.0. The van der Waals surface area contributed by atoms with Gasteiger partial charge in [0, 0.05) is 12.8 Å². The number of quaternary nitrogens is 1. The van der Waals surface area contributed by atoms with Gasteiger partial charge in [0.05, 0.1) is 27.7 Å². The molecule has 0 fully saturated rings. The molecule has 1 N–H and O–H groups in total. The first-order valence-corrected chi connectivity index (χ1v) is 33.8. The largest absolute Gasteiger partial charge is 0.472 e. The van der Waals surface area contributed by atoms with Crippen LogP contribution in [0.2, 0.25) is 0 Å². The van der Waals surface area contributed by atoms with Crippen LogP contribution in [0.15, 0.2) is 85.1 Å². The van der Waals surface area contributed by atoms with E-state index in [0.717, 1.165) is 83.5 Å². The molecular weight excluding hydrogens is 990 g/mol. The molecule has 0 bridgehead atoms. The number of likely N-dealkylation sites (N-methyl/N-ethyl adjacent to an activating group) is 1. The van der Waals surface area contributed by atoms with E-state index in [0.29, 0.717) is 17.4 Å². The van der Waals surface area contributed by atoms with Crippen LogP contribution in [-0.2, 0) is 32.7 Å². The van der Waals surface area contributed by atoms with Crippen molar-refractivity contribution in [2.75, 3.05) is 47.5 Å². The van der Waals surface area contributed by atoms with Gasteiger partial charge in [-0.3, -0.25) is 18.6 Å². The van der Waals surface area contributed by atoms with Gasteiger partial charge >= 0.3 is 19.8 Å². The number of esters is 2. The molecule has 2 unspecified atom stereocenters. The number of phosphoric ester groups is 1. The number of allylic oxidation sites excluding steroid dienone is 14. The number of unbranched alkanes of at least 4 members (excludes halogenated alkanes) is 31. The van der Waals surface area contributed by atoms with Gasteiger partial charge < -0.3 is 18.9 Å². The molecule has 9 nitrogen and oxygen atoms in total. The molecule has 0 amide bonds. The highest BCUT2D eigenvalue weighted by molar-refractivity contribution is 7.47. The fourth-order valence-electron chi connectivity index (χ4n) is 8.96. The summed E-state index contributed by atoms with van der Waals surface area (Å²) in [7, 11) is 1.47. The molecule has 452 valence electrons. The van der Waals surface area contributed by atoms with Gasteiger partial charge in [-0.15, -0.1) is 0 Å². The average Bonchev–Trinajstić information content (AvgIpc) is 3.40. The fraction of sp³-hybridized carbons (Fsp3) is 0.765. The lowest BCUT2D eigenvalue weighted by atomic mass is 10.0. The van der Waals surface area contributed by atoms with Crippen LogP contribution >= 0.6 is 7.82 Å². The van der Waals surface area contributed by atoms with Crippen LogP contribution in [0.4, 0.5) is 0 Å². The lowest BCUT2D eigenvalue weighted by Gasteiger charge is -2.24. The molecule has 0 aliphatic carbocycles. The molecular formula is C68H123NO8P+. The van der Waals surface area contributed by atoms with Gasteiger partial charge in [-0.05, 0) is 89.9 Å². The van der Waals surface area contributed by atoms with E-state index in [1.54, 1.807) is 0 Å². The van der Waals surface area contributed by atoms with E-state index in [4.69, 9.17) is 18.5 Å². The zero-order valence-corrected chi connectivity index (χ0v) is 52.3. The fourth-order valence-corrected chi connectivity index (χ4v) is 9.70. The number of ether oxygens (including phenoxy) is 2. The third-order valence-electron chi connectivity index (χ3n) is 13.9. The minimum Gasteiger partial charge on any atom is -0.462 e. The Morgan fingerprint density at radius 3 is 1.09 bits per heavy atom. The summed E-state index contributed by atoms with van der Waals surface area (Å²) < 4.78 is 34.6. The SMILES string of the molecule is CC/C=C\C/C=C\C/C=C\C/C=C\C/C=C\CCCCCCCCCC(=O)OC(COC(=O)CCCCCCCCCCCCCCCCCCCCC/C=C\C/C=C\CCCCCCC)COP(=O)(O)OCC[N+](C)(C)C. The standard InChI is InChI=1S/C68H122NO8P/c1-6-8-10-12-14-16-18-20-22-24-26-28-30-31-32-33-34-35-36-37-39-40-42-44-46-48-50-52-54-56-58-60-67(70)74-64-66(65-76-78(72,73)75-63-62-69(3,4)5)77-68(71)61-59-57-55-53-51-49-47-45-43-41-38-29-27-25-23-21-19-17-15-13-11-9-7-2/h9,11,15,17-18,20-21,23-24,26-27,29,41,43,66H,6-8,10,12-14,16,19,22,25,28,30-40,42,44-65H2,1-5H3/p+1/b11-9-,17-15-,20-18-,23-21-,26-24-,29-27-,43-41-. The van der Waals surface area contributed by atoms with E-state index in [9.17, 15) is 19.0 Å². The zero-order chi connectivity index (χ0) is 57.0. The summed E-state index contributed by atoms with van der Waals surface area (Å²) in [5.41, 5.74) is 0. The van der Waals surface area contributed by atoms with Crippen LogP contribution in [0.1, 0.15) is 284 Å². The molecule has 0 aliphatic heterocycles. The number of carbonyl (C=O) groups is 2. The Hall–Kier alpha value is -2.81. The van der Waals surface area contributed by atoms with Crippen LogP contribution in [0.5, 0.6) is 0 Å². The summed E-state index contributed by atoms with van der Waals surface area (Å²) >= 11 is 0. The maximum atomic E-state index is 12.8. The predicted octanol–water partition coefficient (Wildman–Crippen LogP) is 20.6. The van der Waals surface area contributed by atoms with Crippen molar-refractivity contribution in [2.45, 2.75) is 290 Å². The maximum absolute atomic E-state index is 12.8. The molecule has 0 aromatic carbocycles. The molecule has 78 heavy (non-hydrogen) atoms. The van der Waals surface area contributed by atoms with Crippen LogP contribution in [0, 0.1) is 0 Å². The lowest BCUT2D eigenvalue weighted by Crippen LogP contribution is -2.37. The monoisotopic (exact) mass is 1110 g/mol. The molecule has 0 aliphatic rings. The van der Waals surface area contributed by atoms with Crippen LogP contribution in [0.25, 0.3) is 0 Å². The van der Waals surface area contributed by atoms with Gasteiger partial charge in [-0.25, -0.2) is 4.57 Å². The number of rotatable bonds is 59. The van der Waals surface area contributed by atoms with Crippen LogP contribution in [0.3, 0.4) is 0 Å². The minimum absolute atomic E-state index is 0.0267. The zero-order valence-electron chi connectivity index (χ0n) is 51.4. The second kappa shape index (κ2) is 58.8. The van der Waals surface area contributed by atoms with Gasteiger partial charge in [0.15, 0.2) is 6.10 Å². The first kappa shape index (κ1) is 75.2. The molecule has 2 atom stereocenters. The molecule has 0 saturated carbocycles. The summed E-state index contributed by atoms with van der Waals surface area (Å²) in [6.07, 6.45) is 79.6. The van der Waals surface area contributed by atoms with E-state index in [-0.39, 0.29) is 32.0 Å². The molecule has 0 aromatic heterocycles. The number of carbonyl (C=O) groups excluding carboxylic acids is 2. The van der Waals surface area contributed by atoms with Crippen molar-refractivity contribution in [3.05, 3.63) is 85.1 Å². The third-order valence-corrected chi connectivity index (χ3v) is 14.9. The lowest BCUT2D eigenvalue weighted by molar-refractivity contribution is -0.870. The van der Waals surface area contributed by atoms with Crippen molar-refractivity contribution < 1.29 is 42.1 Å². The van der Waals surface area contributed by atoms with Crippen molar-refractivity contribution in [1.29, 1.82) is 0 Å². The Balaban J connectivity index is 4.08. The predicted molar refractivity (Wildman–Crippen MR) is 335 cm³/mol. The van der Waals surface area contributed by atoms with Gasteiger partial charge in [0.2, 0.25) is 0 Å². The summed E-state index contributed by atoms with van der Waals surface area (Å²) in [5.74, 6) is -0.804. The Morgan fingerprint density at radius 1 is 0.410 bits per heavy atom. The van der Waals surface area contributed by atoms with Gasteiger partial charge in [0.1, 0.15) is 19.8 Å². The van der Waals surface area contributed by atoms with Crippen molar-refractivity contribution in [2.24, 2.45) is 0 Å². The van der Waals surface area contributed by atoms with Gasteiger partial charge in [-0.2, -0.15) is 0 Å². The van der Waals surface area contributed by atoms with E-state index < -0.39 is 26.5 Å². The Morgan fingerprint density at radius 2 is 0.731 bits per heavy atom. The molecule has 0 rings (SSSR count). The topological polar surface area (TPSA) is 108 Å². The first-order valence-electron chi connectivity index (χ1n) is 32.3. The number of hydrogen-bond donors (Lipinski definition) is 1. The van der Waals surface area contributed by atoms with E-state index in [1.807, 2.05) is 21.1 Å². The number of hydrogen-bond acceptors (Lipinski definition) is 7. The quantitative estimate of drug-likeness (QED) is 0.0211. The second-order valence-corrected chi connectivity index (χ2v) is 24.2. The van der Waals surface area contributed by atoms with Crippen molar-refractivity contribution in [3.63, 3.8) is 0 Å². The highest BCUT2D eigenvalue weighted by Gasteiger charge is 2.27. The second-order valence-electron chi connectivity index (χ2n) is 22.8. The summed E-state index contributed by atoms with van der Waals surface area (Å²) in [6.45, 7) is 4.32. The van der Waals surface area contributed by atoms with E-state index in [1.165, 1.54) is 167 Å². The highest BCUT2D eigenvalue weighted by atomic mass is 31.2. The maximum Gasteiger partial charge on any atom is 0.472 e.